The summed E-state index contributed by atoms with van der Waals surface area (Å²) in [7, 11) is 3.04. The highest BCUT2D eigenvalue weighted by molar-refractivity contribution is 6.05. The molecule has 0 aliphatic rings. The van der Waals surface area contributed by atoms with Crippen LogP contribution in [0.5, 0.6) is 11.5 Å². The fraction of sp³-hybridized carbons (Fsp3) is 0.100. The van der Waals surface area contributed by atoms with E-state index in [9.17, 15) is 9.59 Å². The summed E-state index contributed by atoms with van der Waals surface area (Å²) in [5.41, 5.74) is 1.48. The molecule has 2 aromatic carbocycles. The number of ether oxygens (including phenoxy) is 2. The normalized spacial score (nSPS) is 10.1. The van der Waals surface area contributed by atoms with Gasteiger partial charge in [-0.25, -0.2) is 0 Å². The molecule has 3 aromatic rings. The summed E-state index contributed by atoms with van der Waals surface area (Å²) in [4.78, 5) is 24.5. The maximum atomic E-state index is 12.4. The molecule has 7 heteroatoms. The van der Waals surface area contributed by atoms with Gasteiger partial charge in [0.2, 0.25) is 0 Å². The Hall–Kier alpha value is -3.74. The third-order valence-electron chi connectivity index (χ3n) is 3.80. The summed E-state index contributed by atoms with van der Waals surface area (Å²) >= 11 is 0. The van der Waals surface area contributed by atoms with Crippen LogP contribution in [0.4, 0.5) is 11.4 Å². The fourth-order valence-electron chi connectivity index (χ4n) is 2.41. The third kappa shape index (κ3) is 4.27. The van der Waals surface area contributed by atoms with Gasteiger partial charge in [-0.3, -0.25) is 9.59 Å². The Morgan fingerprint density at radius 2 is 1.67 bits per heavy atom. The largest absolute Gasteiger partial charge is 0.497 e. The summed E-state index contributed by atoms with van der Waals surface area (Å²) in [5.74, 6) is 0.599. The second kappa shape index (κ2) is 8.09. The van der Waals surface area contributed by atoms with Crippen molar-refractivity contribution in [2.45, 2.75) is 0 Å². The van der Waals surface area contributed by atoms with E-state index < -0.39 is 5.91 Å². The molecule has 0 bridgehead atoms. The zero-order valence-corrected chi connectivity index (χ0v) is 14.8. The zero-order chi connectivity index (χ0) is 19.2. The van der Waals surface area contributed by atoms with Gasteiger partial charge in [-0.05, 0) is 48.5 Å². The number of hydrogen-bond donors (Lipinski definition) is 2. The molecule has 2 amide bonds. The van der Waals surface area contributed by atoms with Crippen molar-refractivity contribution in [2.24, 2.45) is 0 Å². The lowest BCUT2D eigenvalue weighted by molar-refractivity contribution is 0.0994. The van der Waals surface area contributed by atoms with Crippen molar-refractivity contribution >= 4 is 23.2 Å². The lowest BCUT2D eigenvalue weighted by atomic mass is 10.2. The van der Waals surface area contributed by atoms with Crippen molar-refractivity contribution in [3.8, 4) is 11.5 Å². The second-order valence-corrected chi connectivity index (χ2v) is 5.53. The Kier molecular flexibility index (Phi) is 5.41. The summed E-state index contributed by atoms with van der Waals surface area (Å²) in [5, 5.41) is 5.49. The quantitative estimate of drug-likeness (QED) is 0.692. The lowest BCUT2D eigenvalue weighted by Crippen LogP contribution is -2.13. The first-order valence-electron chi connectivity index (χ1n) is 8.09. The molecule has 1 heterocycles. The summed E-state index contributed by atoms with van der Waals surface area (Å²) < 4.78 is 15.5. The molecule has 27 heavy (non-hydrogen) atoms. The average molecular weight is 366 g/mol. The van der Waals surface area contributed by atoms with E-state index in [1.54, 1.807) is 61.7 Å². The zero-order valence-electron chi connectivity index (χ0n) is 14.8. The standard InChI is InChI=1S/C20H18N2O5/c1-25-15-8-5-13(6-9-15)19(23)21-14-7-10-16(18(12-14)26-2)22-20(24)17-4-3-11-27-17/h3-12H,1-2H3,(H,21,23)(H,22,24). The predicted octanol–water partition coefficient (Wildman–Crippen LogP) is 3.80. The monoisotopic (exact) mass is 366 g/mol. The van der Waals surface area contributed by atoms with E-state index in [0.29, 0.717) is 28.4 Å². The van der Waals surface area contributed by atoms with Crippen LogP contribution < -0.4 is 20.1 Å². The number of amides is 2. The van der Waals surface area contributed by atoms with Gasteiger partial charge in [0.15, 0.2) is 5.76 Å². The first kappa shape index (κ1) is 18.1. The second-order valence-electron chi connectivity index (χ2n) is 5.53. The number of nitrogens with one attached hydrogen (secondary N) is 2. The van der Waals surface area contributed by atoms with Gasteiger partial charge in [0, 0.05) is 17.3 Å². The van der Waals surface area contributed by atoms with Crippen LogP contribution in [0.25, 0.3) is 0 Å². The van der Waals surface area contributed by atoms with E-state index in [1.165, 1.54) is 13.4 Å². The average Bonchev–Trinajstić information content (AvgIpc) is 3.24. The van der Waals surface area contributed by atoms with Crippen LogP contribution in [0.15, 0.2) is 65.3 Å². The van der Waals surface area contributed by atoms with Crippen molar-refractivity contribution in [1.82, 2.24) is 0 Å². The van der Waals surface area contributed by atoms with E-state index in [4.69, 9.17) is 13.9 Å². The lowest BCUT2D eigenvalue weighted by Gasteiger charge is -2.12. The molecule has 0 radical (unpaired) electrons. The van der Waals surface area contributed by atoms with Crippen LogP contribution in [0.2, 0.25) is 0 Å². The smallest absolute Gasteiger partial charge is 0.291 e. The molecule has 0 unspecified atom stereocenters. The first-order chi connectivity index (χ1) is 13.1. The molecule has 2 N–H and O–H groups in total. The summed E-state index contributed by atoms with van der Waals surface area (Å²) in [6, 6.07) is 14.9. The Morgan fingerprint density at radius 1 is 0.889 bits per heavy atom. The molecule has 138 valence electrons. The van der Waals surface area contributed by atoms with E-state index in [1.807, 2.05) is 0 Å². The third-order valence-corrected chi connectivity index (χ3v) is 3.80. The summed E-state index contributed by atoms with van der Waals surface area (Å²) in [6.07, 6.45) is 1.42. The molecular formula is C20H18N2O5. The van der Waals surface area contributed by atoms with Crippen molar-refractivity contribution in [3.05, 3.63) is 72.2 Å². The molecule has 0 fully saturated rings. The maximum Gasteiger partial charge on any atom is 0.291 e. The van der Waals surface area contributed by atoms with Crippen LogP contribution in [0.1, 0.15) is 20.9 Å². The SMILES string of the molecule is COc1ccc(C(=O)Nc2ccc(NC(=O)c3ccco3)c(OC)c2)cc1. The van der Waals surface area contributed by atoms with Crippen molar-refractivity contribution in [3.63, 3.8) is 0 Å². The fourth-order valence-corrected chi connectivity index (χ4v) is 2.41. The number of hydrogen-bond acceptors (Lipinski definition) is 5. The van der Waals surface area contributed by atoms with Crippen LogP contribution in [-0.4, -0.2) is 26.0 Å². The highest BCUT2D eigenvalue weighted by atomic mass is 16.5. The van der Waals surface area contributed by atoms with Crippen molar-refractivity contribution < 1.29 is 23.5 Å². The molecule has 0 spiro atoms. The number of carbonyl (C=O) groups is 2. The molecule has 0 saturated heterocycles. The van der Waals surface area contributed by atoms with Gasteiger partial charge < -0.3 is 24.5 Å². The Morgan fingerprint density at radius 3 is 2.30 bits per heavy atom. The summed E-state index contributed by atoms with van der Waals surface area (Å²) in [6.45, 7) is 0. The van der Waals surface area contributed by atoms with Gasteiger partial charge in [0.1, 0.15) is 11.5 Å². The molecule has 1 aromatic heterocycles. The number of carbonyl (C=O) groups excluding carboxylic acids is 2. The number of benzene rings is 2. The van der Waals surface area contributed by atoms with Crippen molar-refractivity contribution in [1.29, 1.82) is 0 Å². The van der Waals surface area contributed by atoms with Gasteiger partial charge in [-0.15, -0.1) is 0 Å². The number of rotatable bonds is 6. The molecule has 3 rings (SSSR count). The van der Waals surface area contributed by atoms with E-state index in [-0.39, 0.29) is 11.7 Å². The number of methoxy groups -OCH3 is 2. The minimum Gasteiger partial charge on any atom is -0.497 e. The maximum absolute atomic E-state index is 12.4. The van der Waals surface area contributed by atoms with Crippen LogP contribution >= 0.6 is 0 Å². The van der Waals surface area contributed by atoms with E-state index in [0.717, 1.165) is 0 Å². The van der Waals surface area contributed by atoms with Crippen LogP contribution in [-0.2, 0) is 0 Å². The van der Waals surface area contributed by atoms with E-state index in [2.05, 4.69) is 10.6 Å². The number of furan rings is 1. The molecular weight excluding hydrogens is 348 g/mol. The molecule has 0 atom stereocenters. The van der Waals surface area contributed by atoms with Gasteiger partial charge in [-0.1, -0.05) is 0 Å². The Labute approximate surface area is 155 Å². The highest BCUT2D eigenvalue weighted by Crippen LogP contribution is 2.29. The minimum absolute atomic E-state index is 0.189. The van der Waals surface area contributed by atoms with Crippen molar-refractivity contribution in [2.75, 3.05) is 24.9 Å². The topological polar surface area (TPSA) is 89.8 Å². The van der Waals surface area contributed by atoms with Gasteiger partial charge in [0.05, 0.1) is 26.2 Å². The first-order valence-corrected chi connectivity index (χ1v) is 8.09. The number of anilines is 2. The van der Waals surface area contributed by atoms with E-state index >= 15 is 0 Å². The Balaban J connectivity index is 1.73. The molecule has 0 aliphatic carbocycles. The van der Waals surface area contributed by atoms with Crippen LogP contribution in [0, 0.1) is 0 Å². The van der Waals surface area contributed by atoms with Gasteiger partial charge in [-0.2, -0.15) is 0 Å². The Bertz CT molecular complexity index is 934. The van der Waals surface area contributed by atoms with Crippen LogP contribution in [0.3, 0.4) is 0 Å². The predicted molar refractivity (Wildman–Crippen MR) is 101 cm³/mol. The molecule has 0 saturated carbocycles. The van der Waals surface area contributed by atoms with Gasteiger partial charge >= 0.3 is 0 Å². The van der Waals surface area contributed by atoms with Gasteiger partial charge in [0.25, 0.3) is 11.8 Å². The molecule has 0 aliphatic heterocycles. The molecule has 7 nitrogen and oxygen atoms in total. The highest BCUT2D eigenvalue weighted by Gasteiger charge is 2.13. The minimum atomic E-state index is -0.395.